The smallest absolute Gasteiger partial charge is 0.304 e. The molecule has 0 spiro atoms. The van der Waals surface area contributed by atoms with E-state index < -0.39 is 18.9 Å². The van der Waals surface area contributed by atoms with Crippen LogP contribution in [0.4, 0.5) is 9.18 Å². The van der Waals surface area contributed by atoms with E-state index in [0.29, 0.717) is 29.0 Å². The van der Waals surface area contributed by atoms with E-state index in [1.54, 1.807) is 36.4 Å². The van der Waals surface area contributed by atoms with E-state index >= 15 is 0 Å². The lowest BCUT2D eigenvalue weighted by atomic mass is 10.0. The van der Waals surface area contributed by atoms with Gasteiger partial charge in [-0.2, -0.15) is 10.1 Å². The number of hydrogen-bond donors (Lipinski definition) is 1. The molecule has 192 valence electrons. The van der Waals surface area contributed by atoms with E-state index in [0.717, 1.165) is 17.3 Å². The molecule has 1 aromatic heterocycles. The molecular weight excluding hydrogens is 495 g/mol. The minimum atomic E-state index is -0.986. The van der Waals surface area contributed by atoms with Gasteiger partial charge in [-0.05, 0) is 49.2 Å². The van der Waals surface area contributed by atoms with Crippen molar-refractivity contribution in [3.8, 4) is 11.5 Å². The van der Waals surface area contributed by atoms with Gasteiger partial charge in [0.25, 0.3) is 5.91 Å². The molecular formula is C27H27FN4O4S. The molecule has 4 rings (SSSR count). The summed E-state index contributed by atoms with van der Waals surface area (Å²) in [5.74, 6) is 0.173. The molecule has 1 aliphatic rings. The molecule has 2 amide bonds. The molecule has 0 saturated carbocycles. The normalized spacial score (nSPS) is 16.1. The van der Waals surface area contributed by atoms with Crippen LogP contribution in [0.15, 0.2) is 72.0 Å². The van der Waals surface area contributed by atoms with Crippen molar-refractivity contribution in [2.24, 2.45) is 5.10 Å². The third-order valence-corrected chi connectivity index (χ3v) is 7.02. The summed E-state index contributed by atoms with van der Waals surface area (Å²) in [6.45, 7) is 2.94. The Morgan fingerprint density at radius 3 is 2.59 bits per heavy atom. The largest absolute Gasteiger partial charge is 0.493 e. The van der Waals surface area contributed by atoms with E-state index in [-0.39, 0.29) is 21.9 Å². The molecule has 8 nitrogen and oxygen atoms in total. The lowest BCUT2D eigenvalue weighted by molar-refractivity contribution is 0.0882. The van der Waals surface area contributed by atoms with Crippen molar-refractivity contribution in [3.05, 3.63) is 89.2 Å². The van der Waals surface area contributed by atoms with Crippen molar-refractivity contribution in [2.45, 2.75) is 31.7 Å². The average Bonchev–Trinajstić information content (AvgIpc) is 2.93. The van der Waals surface area contributed by atoms with Crippen molar-refractivity contribution in [2.75, 3.05) is 14.0 Å². The molecule has 1 N–H and O–H groups in total. The Labute approximate surface area is 218 Å². The van der Waals surface area contributed by atoms with Crippen LogP contribution in [0.2, 0.25) is 0 Å². The minimum Gasteiger partial charge on any atom is -0.493 e. The number of methoxy groups -OCH3 is 1. The topological polar surface area (TPSA) is 93.1 Å². The Bertz CT molecular complexity index is 1290. The quantitative estimate of drug-likeness (QED) is 0.400. The number of amides is 2. The highest BCUT2D eigenvalue weighted by Crippen LogP contribution is 2.36. The number of hydrazone groups is 1. The number of aryl methyl sites for hydroxylation is 1. The van der Waals surface area contributed by atoms with Gasteiger partial charge in [-0.1, -0.05) is 54.6 Å². The number of carbonyl (C=O) groups excluding carboxylic acids is 2. The third-order valence-electron chi connectivity index (χ3n) is 5.79. The summed E-state index contributed by atoms with van der Waals surface area (Å²) in [5, 5.41) is 8.43. The van der Waals surface area contributed by atoms with Gasteiger partial charge < -0.3 is 14.8 Å². The van der Waals surface area contributed by atoms with E-state index in [4.69, 9.17) is 14.6 Å². The zero-order valence-electron chi connectivity index (χ0n) is 20.7. The molecule has 1 aliphatic heterocycles. The maximum absolute atomic E-state index is 13.3. The van der Waals surface area contributed by atoms with Crippen LogP contribution in [0.1, 0.15) is 46.7 Å². The summed E-state index contributed by atoms with van der Waals surface area (Å²) in [6, 6.07) is 17.6. The summed E-state index contributed by atoms with van der Waals surface area (Å²) < 4.78 is 23.2. The summed E-state index contributed by atoms with van der Waals surface area (Å²) in [7, 11) is 1.47. The van der Waals surface area contributed by atoms with Gasteiger partial charge in [-0.25, -0.2) is 4.39 Å². The van der Waals surface area contributed by atoms with Crippen molar-refractivity contribution in [1.82, 2.24) is 15.3 Å². The molecule has 0 radical (unpaired) electrons. The number of benzene rings is 2. The fourth-order valence-electron chi connectivity index (χ4n) is 3.87. The second-order valence-electron chi connectivity index (χ2n) is 8.23. The SMILES string of the molecule is CCC1SC(=O)N(C(NC(=O)c2ccccn2)c2ccc(C)cc2)N=C1c1ccc(OCF)c(OC)c1. The van der Waals surface area contributed by atoms with Crippen LogP contribution >= 0.6 is 11.8 Å². The molecule has 37 heavy (non-hydrogen) atoms. The highest BCUT2D eigenvalue weighted by molar-refractivity contribution is 8.14. The first-order valence-corrected chi connectivity index (χ1v) is 12.6. The Balaban J connectivity index is 1.77. The van der Waals surface area contributed by atoms with Gasteiger partial charge in [0.15, 0.2) is 17.7 Å². The summed E-state index contributed by atoms with van der Waals surface area (Å²) in [4.78, 5) is 30.5. The van der Waals surface area contributed by atoms with Gasteiger partial charge >= 0.3 is 5.24 Å². The molecule has 2 unspecified atom stereocenters. The number of rotatable bonds is 9. The first kappa shape index (κ1) is 26.2. The van der Waals surface area contributed by atoms with Crippen molar-refractivity contribution in [3.63, 3.8) is 0 Å². The number of carbonyl (C=O) groups is 2. The van der Waals surface area contributed by atoms with Gasteiger partial charge in [-0.3, -0.25) is 14.6 Å². The van der Waals surface area contributed by atoms with Gasteiger partial charge in [0, 0.05) is 11.8 Å². The van der Waals surface area contributed by atoms with Crippen LogP contribution in [-0.4, -0.2) is 46.1 Å². The Kier molecular flexibility index (Phi) is 8.39. The van der Waals surface area contributed by atoms with Gasteiger partial charge in [0.2, 0.25) is 6.86 Å². The number of nitrogens with zero attached hydrogens (tertiary/aromatic N) is 3. The second-order valence-corrected chi connectivity index (χ2v) is 9.39. The van der Waals surface area contributed by atoms with Crippen LogP contribution in [0.25, 0.3) is 0 Å². The highest BCUT2D eigenvalue weighted by atomic mass is 32.2. The molecule has 0 bridgehead atoms. The van der Waals surface area contributed by atoms with Crippen LogP contribution in [0.3, 0.4) is 0 Å². The number of hydrogen-bond acceptors (Lipinski definition) is 7. The number of aromatic nitrogens is 1. The van der Waals surface area contributed by atoms with Gasteiger partial charge in [0.05, 0.1) is 18.1 Å². The average molecular weight is 523 g/mol. The number of pyridine rings is 1. The van der Waals surface area contributed by atoms with E-state index in [1.165, 1.54) is 18.3 Å². The predicted molar refractivity (Wildman–Crippen MR) is 141 cm³/mol. The van der Waals surface area contributed by atoms with Crippen molar-refractivity contribution < 1.29 is 23.5 Å². The molecule has 10 heteroatoms. The number of thioether (sulfide) groups is 1. The fourth-order valence-corrected chi connectivity index (χ4v) is 4.83. The summed E-state index contributed by atoms with van der Waals surface area (Å²) in [5.41, 5.74) is 3.27. The third kappa shape index (κ3) is 5.91. The standard InChI is InChI=1S/C27H27FN4O4S/c1-4-23-24(19-12-13-21(36-16-28)22(15-19)35-3)31-32(27(34)37-23)25(18-10-8-17(2)9-11-18)30-26(33)20-7-5-6-14-29-20/h5-15,23,25H,4,16H2,1-3H3,(H,30,33). The van der Waals surface area contributed by atoms with Crippen LogP contribution in [0, 0.1) is 6.92 Å². The van der Waals surface area contributed by atoms with Crippen LogP contribution in [-0.2, 0) is 0 Å². The maximum Gasteiger partial charge on any atom is 0.304 e. The Hall–Kier alpha value is -3.92. The molecule has 2 atom stereocenters. The van der Waals surface area contributed by atoms with Crippen molar-refractivity contribution >= 4 is 28.6 Å². The molecule has 0 aliphatic carbocycles. The lowest BCUT2D eigenvalue weighted by Crippen LogP contribution is -2.44. The lowest BCUT2D eigenvalue weighted by Gasteiger charge is -2.34. The zero-order valence-corrected chi connectivity index (χ0v) is 21.5. The van der Waals surface area contributed by atoms with Crippen LogP contribution < -0.4 is 14.8 Å². The van der Waals surface area contributed by atoms with Gasteiger partial charge in [0.1, 0.15) is 5.69 Å². The highest BCUT2D eigenvalue weighted by Gasteiger charge is 2.36. The fraction of sp³-hybridized carbons (Fsp3) is 0.259. The predicted octanol–water partition coefficient (Wildman–Crippen LogP) is 5.48. The van der Waals surface area contributed by atoms with Gasteiger partial charge in [-0.15, -0.1) is 0 Å². The van der Waals surface area contributed by atoms with E-state index in [2.05, 4.69) is 10.3 Å². The van der Waals surface area contributed by atoms with E-state index in [9.17, 15) is 14.0 Å². The number of nitrogens with one attached hydrogen (secondary N) is 1. The number of halogens is 1. The first-order chi connectivity index (χ1) is 17.9. The minimum absolute atomic E-state index is 0.223. The molecule has 0 saturated heterocycles. The molecule has 2 aromatic carbocycles. The summed E-state index contributed by atoms with van der Waals surface area (Å²) >= 11 is 1.13. The molecule has 2 heterocycles. The first-order valence-electron chi connectivity index (χ1n) is 11.7. The van der Waals surface area contributed by atoms with Crippen molar-refractivity contribution in [1.29, 1.82) is 0 Å². The van der Waals surface area contributed by atoms with Crippen LogP contribution in [0.5, 0.6) is 11.5 Å². The Morgan fingerprint density at radius 1 is 1.16 bits per heavy atom. The molecule has 3 aromatic rings. The summed E-state index contributed by atoms with van der Waals surface area (Å²) in [6.07, 6.45) is 1.30. The monoisotopic (exact) mass is 522 g/mol. The number of ether oxygens (including phenoxy) is 2. The van der Waals surface area contributed by atoms with E-state index in [1.807, 2.05) is 38.1 Å². The number of alkyl halides is 1. The Morgan fingerprint density at radius 2 is 1.95 bits per heavy atom. The molecule has 0 fully saturated rings. The zero-order chi connectivity index (χ0) is 26.4. The second kappa shape index (κ2) is 11.9. The maximum atomic E-state index is 13.3.